The van der Waals surface area contributed by atoms with Crippen molar-refractivity contribution in [3.8, 4) is 0 Å². The lowest BCUT2D eigenvalue weighted by Crippen LogP contribution is -2.15. The third-order valence-corrected chi connectivity index (χ3v) is 4.24. The monoisotopic (exact) mass is 325 g/mol. The molecule has 0 spiro atoms. The third kappa shape index (κ3) is 4.02. The zero-order valence-electron chi connectivity index (χ0n) is 11.8. The van der Waals surface area contributed by atoms with Crippen molar-refractivity contribution in [1.82, 2.24) is 4.98 Å². The number of nitrogens with one attached hydrogen (secondary N) is 2. The van der Waals surface area contributed by atoms with Crippen LogP contribution in [0.25, 0.3) is 0 Å². The summed E-state index contributed by atoms with van der Waals surface area (Å²) in [6.07, 6.45) is 1.06. The van der Waals surface area contributed by atoms with Gasteiger partial charge in [-0.3, -0.25) is 9.52 Å². The maximum Gasteiger partial charge on any atom is 0.267 e. The number of hydrogen-bond acceptors (Lipinski definition) is 5. The molecule has 0 atom stereocenters. The SMILES string of the molecule is Cc1nc(C)c(C(=O)Nc2ccccc2NS(C)(=O)=O)s1. The van der Waals surface area contributed by atoms with E-state index < -0.39 is 10.0 Å². The maximum absolute atomic E-state index is 12.2. The molecular formula is C13H15N3O3S2. The minimum absolute atomic E-state index is 0.305. The first-order chi connectivity index (χ1) is 9.76. The number of carbonyl (C=O) groups is 1. The minimum Gasteiger partial charge on any atom is -0.319 e. The fourth-order valence-corrected chi connectivity index (χ4v) is 3.19. The van der Waals surface area contributed by atoms with Crippen LogP contribution in [0.1, 0.15) is 20.4 Å². The molecule has 112 valence electrons. The highest BCUT2D eigenvalue weighted by atomic mass is 32.2. The van der Waals surface area contributed by atoms with Crippen LogP contribution in [-0.4, -0.2) is 25.6 Å². The molecule has 0 aliphatic heterocycles. The highest BCUT2D eigenvalue weighted by Gasteiger charge is 2.16. The standard InChI is InChI=1S/C13H15N3O3S2/c1-8-12(20-9(2)14-8)13(17)15-10-6-4-5-7-11(10)16-21(3,18)19/h4-7,16H,1-3H3,(H,15,17). The van der Waals surface area contributed by atoms with E-state index in [1.54, 1.807) is 31.2 Å². The fourth-order valence-electron chi connectivity index (χ4n) is 1.80. The van der Waals surface area contributed by atoms with Gasteiger partial charge >= 0.3 is 0 Å². The van der Waals surface area contributed by atoms with Crippen LogP contribution in [0.2, 0.25) is 0 Å². The summed E-state index contributed by atoms with van der Waals surface area (Å²) in [6.45, 7) is 3.59. The Hall–Kier alpha value is -1.93. The van der Waals surface area contributed by atoms with E-state index in [1.807, 2.05) is 6.92 Å². The summed E-state index contributed by atoms with van der Waals surface area (Å²) in [5.74, 6) is -0.305. The molecule has 0 bridgehead atoms. The molecule has 0 aliphatic rings. The summed E-state index contributed by atoms with van der Waals surface area (Å²) in [5, 5.41) is 3.51. The molecule has 0 aliphatic carbocycles. The number of nitrogens with zero attached hydrogens (tertiary/aromatic N) is 1. The van der Waals surface area contributed by atoms with E-state index in [4.69, 9.17) is 0 Å². The molecule has 0 saturated heterocycles. The number of aromatic nitrogens is 1. The molecule has 0 radical (unpaired) electrons. The average molecular weight is 325 g/mol. The second-order valence-electron chi connectivity index (χ2n) is 4.52. The van der Waals surface area contributed by atoms with Gasteiger partial charge in [-0.1, -0.05) is 12.1 Å². The molecule has 21 heavy (non-hydrogen) atoms. The molecule has 2 aromatic rings. The van der Waals surface area contributed by atoms with Gasteiger partial charge in [0.05, 0.1) is 28.3 Å². The Morgan fingerprint density at radius 1 is 1.19 bits per heavy atom. The molecule has 1 aromatic heterocycles. The number of sulfonamides is 1. The predicted octanol–water partition coefficient (Wildman–Crippen LogP) is 2.38. The first-order valence-electron chi connectivity index (χ1n) is 6.08. The molecular weight excluding hydrogens is 310 g/mol. The Bertz CT molecular complexity index is 782. The van der Waals surface area contributed by atoms with Crippen molar-refractivity contribution >= 4 is 38.6 Å². The van der Waals surface area contributed by atoms with Crippen molar-refractivity contribution < 1.29 is 13.2 Å². The quantitative estimate of drug-likeness (QED) is 0.903. The van der Waals surface area contributed by atoms with E-state index in [9.17, 15) is 13.2 Å². The molecule has 1 aromatic carbocycles. The lowest BCUT2D eigenvalue weighted by molar-refractivity contribution is 0.103. The lowest BCUT2D eigenvalue weighted by Gasteiger charge is -2.11. The summed E-state index contributed by atoms with van der Waals surface area (Å²) < 4.78 is 25.0. The first-order valence-corrected chi connectivity index (χ1v) is 8.79. The average Bonchev–Trinajstić information content (AvgIpc) is 2.69. The smallest absolute Gasteiger partial charge is 0.267 e. The second-order valence-corrected chi connectivity index (χ2v) is 7.47. The second kappa shape index (κ2) is 5.82. The van der Waals surface area contributed by atoms with Gasteiger partial charge in [0.1, 0.15) is 4.88 Å². The number of hydrogen-bond donors (Lipinski definition) is 2. The molecule has 1 heterocycles. The summed E-state index contributed by atoms with van der Waals surface area (Å²) in [7, 11) is -3.42. The van der Waals surface area contributed by atoms with Crippen LogP contribution in [0, 0.1) is 13.8 Å². The van der Waals surface area contributed by atoms with Crippen molar-refractivity contribution in [2.75, 3.05) is 16.3 Å². The van der Waals surface area contributed by atoms with Crippen molar-refractivity contribution in [3.63, 3.8) is 0 Å². The van der Waals surface area contributed by atoms with Crippen molar-refractivity contribution in [2.24, 2.45) is 0 Å². The van der Waals surface area contributed by atoms with E-state index in [-0.39, 0.29) is 5.91 Å². The van der Waals surface area contributed by atoms with E-state index in [1.165, 1.54) is 11.3 Å². The van der Waals surface area contributed by atoms with Gasteiger partial charge in [0.15, 0.2) is 0 Å². The number of rotatable bonds is 4. The van der Waals surface area contributed by atoms with Gasteiger partial charge in [-0.25, -0.2) is 13.4 Å². The van der Waals surface area contributed by atoms with Gasteiger partial charge in [0.2, 0.25) is 10.0 Å². The number of carbonyl (C=O) groups excluding carboxylic acids is 1. The van der Waals surface area contributed by atoms with Crippen LogP contribution in [0.3, 0.4) is 0 Å². The normalized spacial score (nSPS) is 11.2. The van der Waals surface area contributed by atoms with Crippen molar-refractivity contribution in [1.29, 1.82) is 0 Å². The van der Waals surface area contributed by atoms with Crippen LogP contribution < -0.4 is 10.0 Å². The summed E-state index contributed by atoms with van der Waals surface area (Å²) in [6, 6.07) is 6.62. The summed E-state index contributed by atoms with van der Waals surface area (Å²) in [5.41, 5.74) is 1.38. The summed E-state index contributed by atoms with van der Waals surface area (Å²) >= 11 is 1.30. The molecule has 0 unspecified atom stereocenters. The molecule has 0 fully saturated rings. The van der Waals surface area contributed by atoms with Crippen molar-refractivity contribution in [3.05, 3.63) is 39.8 Å². The number of para-hydroxylation sites is 2. The number of amides is 1. The van der Waals surface area contributed by atoms with Crippen LogP contribution in [-0.2, 0) is 10.0 Å². The van der Waals surface area contributed by atoms with Crippen LogP contribution in [0.15, 0.2) is 24.3 Å². The predicted molar refractivity (Wildman–Crippen MR) is 84.4 cm³/mol. The zero-order valence-corrected chi connectivity index (χ0v) is 13.4. The van der Waals surface area contributed by atoms with Gasteiger partial charge in [0, 0.05) is 0 Å². The molecule has 6 nitrogen and oxygen atoms in total. The van der Waals surface area contributed by atoms with Crippen LogP contribution in [0.5, 0.6) is 0 Å². The Morgan fingerprint density at radius 3 is 2.33 bits per heavy atom. The van der Waals surface area contributed by atoms with Gasteiger partial charge in [0.25, 0.3) is 5.91 Å². The van der Waals surface area contributed by atoms with Gasteiger partial charge < -0.3 is 5.32 Å². The Kier molecular flexibility index (Phi) is 4.29. The highest BCUT2D eigenvalue weighted by molar-refractivity contribution is 7.92. The van der Waals surface area contributed by atoms with E-state index in [0.29, 0.717) is 21.9 Å². The van der Waals surface area contributed by atoms with E-state index in [2.05, 4.69) is 15.0 Å². The highest BCUT2D eigenvalue weighted by Crippen LogP contribution is 2.24. The Morgan fingerprint density at radius 2 is 1.81 bits per heavy atom. The van der Waals surface area contributed by atoms with E-state index in [0.717, 1.165) is 11.3 Å². The molecule has 2 rings (SSSR count). The Labute approximate surface area is 127 Å². The largest absolute Gasteiger partial charge is 0.319 e. The third-order valence-electron chi connectivity index (χ3n) is 2.58. The molecule has 2 N–H and O–H groups in total. The molecule has 8 heteroatoms. The number of aryl methyl sites for hydroxylation is 2. The zero-order chi connectivity index (χ0) is 15.6. The number of benzene rings is 1. The van der Waals surface area contributed by atoms with Gasteiger partial charge in [-0.2, -0.15) is 0 Å². The van der Waals surface area contributed by atoms with Gasteiger partial charge in [-0.05, 0) is 26.0 Å². The topological polar surface area (TPSA) is 88.2 Å². The van der Waals surface area contributed by atoms with Gasteiger partial charge in [-0.15, -0.1) is 11.3 Å². The molecule has 0 saturated carbocycles. The maximum atomic E-state index is 12.2. The number of anilines is 2. The first kappa shape index (κ1) is 15.5. The minimum atomic E-state index is -3.42. The van der Waals surface area contributed by atoms with E-state index >= 15 is 0 Å². The summed E-state index contributed by atoms with van der Waals surface area (Å²) in [4.78, 5) is 17.0. The molecule has 1 amide bonds. The Balaban J connectivity index is 2.28. The van der Waals surface area contributed by atoms with Crippen molar-refractivity contribution in [2.45, 2.75) is 13.8 Å². The lowest BCUT2D eigenvalue weighted by atomic mass is 10.2. The van der Waals surface area contributed by atoms with Crippen LogP contribution in [0.4, 0.5) is 11.4 Å². The fraction of sp³-hybridized carbons (Fsp3) is 0.231. The van der Waals surface area contributed by atoms with Crippen LogP contribution >= 0.6 is 11.3 Å². The number of thiazole rings is 1.